The van der Waals surface area contributed by atoms with Crippen molar-refractivity contribution in [2.75, 3.05) is 0 Å². The van der Waals surface area contributed by atoms with Gasteiger partial charge in [0.25, 0.3) is 0 Å². The van der Waals surface area contributed by atoms with Crippen LogP contribution in [0.5, 0.6) is 0 Å². The van der Waals surface area contributed by atoms with Gasteiger partial charge in [0.15, 0.2) is 0 Å². The first kappa shape index (κ1) is 10.7. The normalized spacial score (nSPS) is 17.0. The van der Waals surface area contributed by atoms with E-state index in [1.54, 1.807) is 12.1 Å². The van der Waals surface area contributed by atoms with Crippen LogP contribution >= 0.6 is 15.9 Å². The predicted molar refractivity (Wildman–Crippen MR) is 68.5 cm³/mol. The first-order valence-corrected chi connectivity index (χ1v) is 6.22. The minimum Gasteiger partial charge on any atom is -0.478 e. The molecule has 0 atom stereocenters. The van der Waals surface area contributed by atoms with Crippen LogP contribution in [0.25, 0.3) is 10.9 Å². The van der Waals surface area contributed by atoms with E-state index in [1.165, 1.54) is 0 Å². The molecule has 0 radical (unpaired) electrons. The van der Waals surface area contributed by atoms with Gasteiger partial charge in [-0.3, -0.25) is 4.98 Å². The lowest BCUT2D eigenvalue weighted by Crippen LogP contribution is -2.05. The molecule has 2 aromatic rings. The quantitative estimate of drug-likeness (QED) is 0.864. The van der Waals surface area contributed by atoms with Gasteiger partial charge in [-0.25, -0.2) is 4.79 Å². The Hall–Kier alpha value is -1.42. The zero-order chi connectivity index (χ0) is 12.0. The van der Waals surface area contributed by atoms with Gasteiger partial charge in [-0.2, -0.15) is 0 Å². The van der Waals surface area contributed by atoms with Crippen LogP contribution in [0.2, 0.25) is 0 Å². The van der Waals surface area contributed by atoms with Gasteiger partial charge in [-0.05, 0) is 25.0 Å². The maximum absolute atomic E-state index is 11.3. The Morgan fingerprint density at radius 2 is 2.06 bits per heavy atom. The third-order valence-corrected chi connectivity index (χ3v) is 4.29. The molecule has 86 valence electrons. The lowest BCUT2D eigenvalue weighted by atomic mass is 10.1. The summed E-state index contributed by atoms with van der Waals surface area (Å²) in [6.45, 7) is 0. The third-order valence-electron chi connectivity index (χ3n) is 3.09. The maximum atomic E-state index is 11.3. The van der Waals surface area contributed by atoms with E-state index in [4.69, 9.17) is 0 Å². The number of pyridine rings is 1. The molecule has 3 rings (SSSR count). The Kier molecular flexibility index (Phi) is 2.23. The zero-order valence-electron chi connectivity index (χ0n) is 8.98. The number of hydrogen-bond acceptors (Lipinski definition) is 2. The molecule has 0 saturated heterocycles. The summed E-state index contributed by atoms with van der Waals surface area (Å²) in [7, 11) is 0. The molecule has 1 aromatic heterocycles. The number of carboxylic acid groups (broad SMARTS) is 1. The van der Waals surface area contributed by atoms with Gasteiger partial charge in [-0.15, -0.1) is 0 Å². The molecule has 1 aliphatic carbocycles. The van der Waals surface area contributed by atoms with Crippen molar-refractivity contribution in [3.8, 4) is 0 Å². The lowest BCUT2D eigenvalue weighted by Gasteiger charge is -2.09. The number of fused-ring (bicyclic) bond motifs is 1. The van der Waals surface area contributed by atoms with Crippen molar-refractivity contribution in [3.63, 3.8) is 0 Å². The van der Waals surface area contributed by atoms with Gasteiger partial charge >= 0.3 is 5.97 Å². The van der Waals surface area contributed by atoms with E-state index in [0.29, 0.717) is 10.9 Å². The average Bonchev–Trinajstić information content (AvgIpc) is 3.07. The second-order valence-corrected chi connectivity index (χ2v) is 5.86. The highest BCUT2D eigenvalue weighted by Crippen LogP contribution is 2.53. The van der Waals surface area contributed by atoms with Crippen molar-refractivity contribution in [3.05, 3.63) is 41.6 Å². The molecule has 0 bridgehead atoms. The fraction of sp³-hybridized carbons (Fsp3) is 0.231. The highest BCUT2D eigenvalue weighted by atomic mass is 79.9. The smallest absolute Gasteiger partial charge is 0.336 e. The van der Waals surface area contributed by atoms with Gasteiger partial charge in [-0.1, -0.05) is 34.1 Å². The van der Waals surface area contributed by atoms with Crippen molar-refractivity contribution < 1.29 is 9.90 Å². The molecular formula is C13H10BrNO2. The van der Waals surface area contributed by atoms with E-state index in [1.807, 2.05) is 18.2 Å². The molecule has 0 amide bonds. The standard InChI is InChI=1S/C13H10BrNO2/c14-13(5-6-13)11-7-9(12(16)17)8-3-1-2-4-10(8)15-11/h1-4,7H,5-6H2,(H,16,17). The highest BCUT2D eigenvalue weighted by Gasteiger charge is 2.43. The first-order chi connectivity index (χ1) is 8.10. The summed E-state index contributed by atoms with van der Waals surface area (Å²) in [6, 6.07) is 9.04. The minimum absolute atomic E-state index is 0.0960. The SMILES string of the molecule is O=C(O)c1cc(C2(Br)CC2)nc2ccccc12. The summed E-state index contributed by atoms with van der Waals surface area (Å²) in [5.74, 6) is -0.901. The van der Waals surface area contributed by atoms with Gasteiger partial charge in [0.1, 0.15) is 0 Å². The number of nitrogens with zero attached hydrogens (tertiary/aromatic N) is 1. The number of aromatic nitrogens is 1. The number of para-hydroxylation sites is 1. The average molecular weight is 292 g/mol. The van der Waals surface area contributed by atoms with Crippen molar-refractivity contribution in [2.24, 2.45) is 0 Å². The van der Waals surface area contributed by atoms with E-state index in [9.17, 15) is 9.90 Å². The summed E-state index contributed by atoms with van der Waals surface area (Å²) in [4.78, 5) is 15.8. The summed E-state index contributed by atoms with van der Waals surface area (Å²) in [6.07, 6.45) is 2.02. The van der Waals surface area contributed by atoms with Crippen LogP contribution in [0.3, 0.4) is 0 Å². The fourth-order valence-corrected chi connectivity index (χ4v) is 2.35. The molecule has 1 N–H and O–H groups in total. The van der Waals surface area contributed by atoms with E-state index < -0.39 is 5.97 Å². The first-order valence-electron chi connectivity index (χ1n) is 5.43. The zero-order valence-corrected chi connectivity index (χ0v) is 10.6. The summed E-state index contributed by atoms with van der Waals surface area (Å²) in [5.41, 5.74) is 1.90. The molecule has 1 saturated carbocycles. The monoisotopic (exact) mass is 291 g/mol. The van der Waals surface area contributed by atoms with E-state index in [-0.39, 0.29) is 4.32 Å². The van der Waals surface area contributed by atoms with Gasteiger partial charge < -0.3 is 5.11 Å². The number of carboxylic acids is 1. The van der Waals surface area contributed by atoms with Crippen molar-refractivity contribution in [1.29, 1.82) is 0 Å². The Morgan fingerprint density at radius 1 is 1.35 bits per heavy atom. The van der Waals surface area contributed by atoms with E-state index in [2.05, 4.69) is 20.9 Å². The lowest BCUT2D eigenvalue weighted by molar-refractivity contribution is 0.0699. The van der Waals surface area contributed by atoms with Crippen LogP contribution in [0.1, 0.15) is 28.9 Å². The second-order valence-electron chi connectivity index (χ2n) is 4.34. The molecule has 1 fully saturated rings. The van der Waals surface area contributed by atoms with Crippen LogP contribution in [-0.2, 0) is 4.32 Å². The van der Waals surface area contributed by atoms with Gasteiger partial charge in [0.05, 0.1) is 21.1 Å². The second kappa shape index (κ2) is 3.53. The summed E-state index contributed by atoms with van der Waals surface area (Å²) >= 11 is 3.61. The Labute approximate surface area is 107 Å². The fourth-order valence-electron chi connectivity index (χ4n) is 1.95. The molecule has 0 spiro atoms. The Bertz CT molecular complexity index is 620. The predicted octanol–water partition coefficient (Wildman–Crippen LogP) is 3.32. The number of halogens is 1. The van der Waals surface area contributed by atoms with E-state index in [0.717, 1.165) is 24.1 Å². The van der Waals surface area contributed by atoms with Crippen LogP contribution in [0.4, 0.5) is 0 Å². The molecular weight excluding hydrogens is 282 g/mol. The Balaban J connectivity index is 2.31. The molecule has 3 nitrogen and oxygen atoms in total. The topological polar surface area (TPSA) is 50.2 Å². The molecule has 1 aliphatic rings. The molecule has 17 heavy (non-hydrogen) atoms. The number of alkyl halides is 1. The third kappa shape index (κ3) is 1.72. The van der Waals surface area contributed by atoms with Crippen molar-refractivity contribution >= 4 is 32.8 Å². The number of aromatic carboxylic acids is 1. The largest absolute Gasteiger partial charge is 0.478 e. The summed E-state index contributed by atoms with van der Waals surface area (Å²) < 4.78 is -0.0960. The van der Waals surface area contributed by atoms with Crippen LogP contribution < -0.4 is 0 Å². The number of benzene rings is 1. The van der Waals surface area contributed by atoms with Gasteiger partial charge in [0, 0.05) is 5.39 Å². The highest BCUT2D eigenvalue weighted by molar-refractivity contribution is 9.09. The van der Waals surface area contributed by atoms with Crippen molar-refractivity contribution in [2.45, 2.75) is 17.2 Å². The molecule has 0 unspecified atom stereocenters. The van der Waals surface area contributed by atoms with Gasteiger partial charge in [0.2, 0.25) is 0 Å². The van der Waals surface area contributed by atoms with Crippen LogP contribution in [-0.4, -0.2) is 16.1 Å². The molecule has 1 heterocycles. The Morgan fingerprint density at radius 3 is 2.71 bits per heavy atom. The summed E-state index contributed by atoms with van der Waals surface area (Å²) in [5, 5.41) is 9.95. The van der Waals surface area contributed by atoms with Crippen LogP contribution in [0, 0.1) is 0 Å². The molecule has 0 aliphatic heterocycles. The number of carbonyl (C=O) groups is 1. The minimum atomic E-state index is -0.901. The maximum Gasteiger partial charge on any atom is 0.336 e. The number of hydrogen-bond donors (Lipinski definition) is 1. The van der Waals surface area contributed by atoms with E-state index >= 15 is 0 Å². The molecule has 1 aromatic carbocycles. The number of rotatable bonds is 2. The molecule has 4 heteroatoms. The van der Waals surface area contributed by atoms with Crippen molar-refractivity contribution in [1.82, 2.24) is 4.98 Å². The van der Waals surface area contributed by atoms with Crippen LogP contribution in [0.15, 0.2) is 30.3 Å².